The molecule has 0 bridgehead atoms. The van der Waals surface area contributed by atoms with Crippen LogP contribution in [0.3, 0.4) is 0 Å². The van der Waals surface area contributed by atoms with Crippen molar-refractivity contribution in [3.63, 3.8) is 0 Å². The van der Waals surface area contributed by atoms with Crippen molar-refractivity contribution < 1.29 is 9.15 Å². The van der Waals surface area contributed by atoms with Gasteiger partial charge in [-0.15, -0.1) is 5.10 Å². The second-order valence-electron chi connectivity index (χ2n) is 2.95. The third kappa shape index (κ3) is 5.20. The fraction of sp³-hybridized carbons (Fsp3) is 0.625. The summed E-state index contributed by atoms with van der Waals surface area (Å²) in [6.45, 7) is 4.54. The first-order valence-electron chi connectivity index (χ1n) is 5.00. The molecule has 1 unspecified atom stereocenters. The van der Waals surface area contributed by atoms with Gasteiger partial charge in [0.2, 0.25) is 0 Å². The summed E-state index contributed by atoms with van der Waals surface area (Å²) in [5.41, 5.74) is -2.36. The topological polar surface area (TPSA) is 36.3 Å². The van der Waals surface area contributed by atoms with E-state index in [-0.39, 0.29) is 0 Å². The van der Waals surface area contributed by atoms with Gasteiger partial charge in [0.1, 0.15) is 4.60 Å². The summed E-state index contributed by atoms with van der Waals surface area (Å²) < 4.78 is 12.7. The first-order chi connectivity index (χ1) is 8.00. The average Bonchev–Trinajstić information content (AvgIpc) is 2.55. The summed E-state index contributed by atoms with van der Waals surface area (Å²) in [5.74, 6) is 0.918. The maximum atomic E-state index is 5.66. The van der Waals surface area contributed by atoms with Crippen LogP contribution in [0, 0.1) is 0 Å². The molecule has 17 heavy (non-hydrogen) atoms. The van der Waals surface area contributed by atoms with Crippen molar-refractivity contribution in [2.45, 2.75) is 20.3 Å². The molecular formula is C8H13Br2N2O2PS2. The Bertz CT molecular complexity index is 397. The Morgan fingerprint density at radius 1 is 1.53 bits per heavy atom. The van der Waals surface area contributed by atoms with Crippen LogP contribution in [0.15, 0.2) is 15.3 Å². The number of hydrogen-bond donors (Lipinski definition) is 0. The first kappa shape index (κ1) is 16.0. The molecule has 0 spiro atoms. The van der Waals surface area contributed by atoms with E-state index in [1.807, 2.05) is 6.92 Å². The average molecular weight is 424 g/mol. The lowest BCUT2D eigenvalue weighted by Gasteiger charge is -2.19. The van der Waals surface area contributed by atoms with E-state index in [0.29, 0.717) is 11.2 Å². The molecule has 0 amide bonds. The van der Waals surface area contributed by atoms with E-state index in [4.69, 9.17) is 21.0 Å². The minimum atomic E-state index is -2.36. The van der Waals surface area contributed by atoms with E-state index in [2.05, 4.69) is 43.9 Å². The second-order valence-corrected chi connectivity index (χ2v) is 10.9. The van der Waals surface area contributed by atoms with E-state index >= 15 is 0 Å². The molecule has 0 aromatic carbocycles. The van der Waals surface area contributed by atoms with Crippen LogP contribution >= 0.6 is 48.9 Å². The second kappa shape index (κ2) is 7.50. The molecule has 0 aliphatic heterocycles. The SMILES string of the molecule is CCCSP(=S)(OCC)On1cc(Br)c(Br)n1. The predicted octanol–water partition coefficient (Wildman–Crippen LogP) is 4.24. The maximum absolute atomic E-state index is 5.66. The highest BCUT2D eigenvalue weighted by Gasteiger charge is 2.22. The maximum Gasteiger partial charge on any atom is 0.321 e. The zero-order chi connectivity index (χ0) is 12.9. The van der Waals surface area contributed by atoms with E-state index in [1.54, 1.807) is 17.6 Å². The zero-order valence-electron chi connectivity index (χ0n) is 9.43. The third-order valence-corrected chi connectivity index (χ3v) is 8.56. The molecule has 1 atom stereocenters. The van der Waals surface area contributed by atoms with Gasteiger partial charge < -0.3 is 9.15 Å². The smallest absolute Gasteiger partial charge is 0.321 e. The van der Waals surface area contributed by atoms with Crippen LogP contribution in [0.2, 0.25) is 0 Å². The molecule has 1 rings (SSSR count). The molecule has 0 N–H and O–H groups in total. The van der Waals surface area contributed by atoms with Crippen molar-refractivity contribution in [3.8, 4) is 0 Å². The number of aromatic nitrogens is 2. The van der Waals surface area contributed by atoms with Crippen LogP contribution < -0.4 is 4.62 Å². The van der Waals surface area contributed by atoms with Crippen molar-refractivity contribution in [1.29, 1.82) is 0 Å². The van der Waals surface area contributed by atoms with Crippen LogP contribution in [-0.2, 0) is 16.3 Å². The summed E-state index contributed by atoms with van der Waals surface area (Å²) in [4.78, 5) is 1.35. The van der Waals surface area contributed by atoms with Gasteiger partial charge in [-0.05, 0) is 57.0 Å². The molecule has 0 saturated heterocycles. The molecular weight excluding hydrogens is 411 g/mol. The molecule has 0 fully saturated rings. The van der Waals surface area contributed by atoms with E-state index in [1.165, 1.54) is 4.85 Å². The van der Waals surface area contributed by atoms with Gasteiger partial charge in [0.25, 0.3) is 0 Å². The van der Waals surface area contributed by atoms with Crippen molar-refractivity contribution >= 4 is 60.7 Å². The molecule has 4 nitrogen and oxygen atoms in total. The van der Waals surface area contributed by atoms with Gasteiger partial charge in [0, 0.05) is 5.75 Å². The van der Waals surface area contributed by atoms with Crippen LogP contribution in [0.1, 0.15) is 20.3 Å². The Morgan fingerprint density at radius 2 is 2.24 bits per heavy atom. The lowest BCUT2D eigenvalue weighted by atomic mass is 10.6. The molecule has 0 saturated carbocycles. The molecule has 98 valence electrons. The number of hydrogen-bond acceptors (Lipinski definition) is 5. The minimum absolute atomic E-state index is 0.539. The summed E-state index contributed by atoms with van der Waals surface area (Å²) in [6.07, 6.45) is 2.74. The minimum Gasteiger partial charge on any atom is -0.331 e. The Hall–Kier alpha value is 0.930. The largest absolute Gasteiger partial charge is 0.331 e. The fourth-order valence-electron chi connectivity index (χ4n) is 0.903. The molecule has 9 heteroatoms. The standard InChI is InChI=1S/C8H13Br2N2O2PS2/c1-3-5-17-15(16,13-4-2)14-12-6-7(9)8(10)11-12/h6H,3-5H2,1-2H3. The monoisotopic (exact) mass is 422 g/mol. The molecule has 1 heterocycles. The summed E-state index contributed by atoms with van der Waals surface area (Å²) >= 11 is 13.6. The Labute approximate surface area is 127 Å². The van der Waals surface area contributed by atoms with Gasteiger partial charge in [-0.1, -0.05) is 23.2 Å². The van der Waals surface area contributed by atoms with Gasteiger partial charge in [-0.3, -0.25) is 0 Å². The Morgan fingerprint density at radius 3 is 2.71 bits per heavy atom. The highest BCUT2D eigenvalue weighted by atomic mass is 79.9. The Kier molecular flexibility index (Phi) is 7.05. The molecule has 1 aromatic heterocycles. The third-order valence-electron chi connectivity index (χ3n) is 1.53. The van der Waals surface area contributed by atoms with Gasteiger partial charge in [-0.2, -0.15) is 0 Å². The molecule has 0 radical (unpaired) electrons. The van der Waals surface area contributed by atoms with Crippen molar-refractivity contribution in [3.05, 3.63) is 15.3 Å². The van der Waals surface area contributed by atoms with Gasteiger partial charge in [0.05, 0.1) is 17.3 Å². The van der Waals surface area contributed by atoms with E-state index in [9.17, 15) is 0 Å². The van der Waals surface area contributed by atoms with Crippen molar-refractivity contribution in [2.24, 2.45) is 0 Å². The number of rotatable bonds is 7. The summed E-state index contributed by atoms with van der Waals surface area (Å²) in [7, 11) is 0. The molecule has 0 aliphatic rings. The van der Waals surface area contributed by atoms with Crippen LogP contribution in [0.5, 0.6) is 0 Å². The van der Waals surface area contributed by atoms with Gasteiger partial charge in [-0.25, -0.2) is 0 Å². The Balaban J connectivity index is 2.75. The van der Waals surface area contributed by atoms with Crippen molar-refractivity contribution in [1.82, 2.24) is 9.94 Å². The summed E-state index contributed by atoms with van der Waals surface area (Å²) in [6, 6.07) is 0. The van der Waals surface area contributed by atoms with E-state index < -0.39 is 5.69 Å². The number of halogens is 2. The molecule has 1 aromatic rings. The number of nitrogens with zero attached hydrogens (tertiary/aromatic N) is 2. The van der Waals surface area contributed by atoms with E-state index in [0.717, 1.165) is 16.6 Å². The quantitative estimate of drug-likeness (QED) is 0.613. The van der Waals surface area contributed by atoms with Crippen LogP contribution in [-0.4, -0.2) is 22.3 Å². The zero-order valence-corrected chi connectivity index (χ0v) is 15.1. The molecule has 0 aliphatic carbocycles. The van der Waals surface area contributed by atoms with Gasteiger partial charge in [0.15, 0.2) is 0 Å². The fourth-order valence-corrected chi connectivity index (χ4v) is 5.89. The van der Waals surface area contributed by atoms with Crippen molar-refractivity contribution in [2.75, 3.05) is 12.4 Å². The lowest BCUT2D eigenvalue weighted by molar-refractivity contribution is 0.213. The first-order valence-corrected chi connectivity index (χ1v) is 10.8. The highest BCUT2D eigenvalue weighted by Crippen LogP contribution is 2.58. The van der Waals surface area contributed by atoms with Crippen LogP contribution in [0.4, 0.5) is 0 Å². The normalized spacial score (nSPS) is 14.6. The highest BCUT2D eigenvalue weighted by molar-refractivity contribution is 9.13. The summed E-state index contributed by atoms with van der Waals surface area (Å²) in [5, 5.41) is 4.12. The lowest BCUT2D eigenvalue weighted by Crippen LogP contribution is -2.10. The predicted molar refractivity (Wildman–Crippen MR) is 82.9 cm³/mol. The van der Waals surface area contributed by atoms with Gasteiger partial charge >= 0.3 is 5.69 Å². The van der Waals surface area contributed by atoms with Crippen LogP contribution in [0.25, 0.3) is 0 Å².